The van der Waals surface area contributed by atoms with Crippen LogP contribution in [-0.4, -0.2) is 68.6 Å². The Balaban J connectivity index is 1.59. The van der Waals surface area contributed by atoms with Gasteiger partial charge in [0.15, 0.2) is 11.5 Å². The summed E-state index contributed by atoms with van der Waals surface area (Å²) in [7, 11) is 4.57. The Morgan fingerprint density at radius 3 is 2.09 bits per heavy atom. The second-order valence-corrected chi connectivity index (χ2v) is 9.27. The second kappa shape index (κ2) is 12.5. The van der Waals surface area contributed by atoms with Gasteiger partial charge >= 0.3 is 0 Å². The Morgan fingerprint density at radius 1 is 0.971 bits per heavy atom. The minimum atomic E-state index is -0.173. The lowest BCUT2D eigenvalue weighted by atomic mass is 9.90. The molecule has 0 N–H and O–H groups in total. The number of carbonyl (C=O) groups is 2. The maximum Gasteiger partial charge on any atom is 0.254 e. The van der Waals surface area contributed by atoms with Crippen LogP contribution >= 0.6 is 0 Å². The van der Waals surface area contributed by atoms with Crippen LogP contribution in [0.3, 0.4) is 0 Å². The Hall–Kier alpha value is -3.22. The number of hydrogen-bond acceptors (Lipinski definition) is 5. The highest BCUT2D eigenvalue weighted by atomic mass is 16.5. The first-order chi connectivity index (χ1) is 16.9. The van der Waals surface area contributed by atoms with Crippen LogP contribution < -0.4 is 14.2 Å². The molecule has 1 saturated heterocycles. The molecule has 7 nitrogen and oxygen atoms in total. The average molecular weight is 483 g/mol. The lowest BCUT2D eigenvalue weighted by Gasteiger charge is -2.33. The van der Waals surface area contributed by atoms with E-state index in [1.807, 2.05) is 24.8 Å². The molecule has 0 aromatic heterocycles. The molecule has 0 spiro atoms. The predicted octanol–water partition coefficient (Wildman–Crippen LogP) is 4.43. The minimum Gasteiger partial charge on any atom is -0.493 e. The van der Waals surface area contributed by atoms with Crippen molar-refractivity contribution in [1.29, 1.82) is 0 Å². The summed E-state index contributed by atoms with van der Waals surface area (Å²) in [5.74, 6) is 1.82. The molecule has 1 fully saturated rings. The molecule has 2 aromatic rings. The molecule has 0 radical (unpaired) electrons. The van der Waals surface area contributed by atoms with E-state index in [0.717, 1.165) is 32.4 Å². The van der Waals surface area contributed by atoms with E-state index < -0.39 is 0 Å². The lowest BCUT2D eigenvalue weighted by molar-refractivity contribution is -0.132. The van der Waals surface area contributed by atoms with Crippen LogP contribution in [0.5, 0.6) is 17.2 Å². The standard InChI is InChI=1S/C28H38N2O5/c1-20(2)30(28(32)23-18-24(33-3)27(35-5)25(19-23)34-4)16-13-26(31)29-14-11-22(12-15-29)17-21-9-7-6-8-10-21/h6-10,18-20,22H,11-17H2,1-5H3. The van der Waals surface area contributed by atoms with Crippen molar-refractivity contribution in [2.75, 3.05) is 41.0 Å². The summed E-state index contributed by atoms with van der Waals surface area (Å²) in [4.78, 5) is 30.0. The van der Waals surface area contributed by atoms with Crippen molar-refractivity contribution < 1.29 is 23.8 Å². The van der Waals surface area contributed by atoms with E-state index in [1.165, 1.54) is 26.9 Å². The normalized spacial score (nSPS) is 14.1. The van der Waals surface area contributed by atoms with Gasteiger partial charge < -0.3 is 24.0 Å². The van der Waals surface area contributed by atoms with Gasteiger partial charge in [0.2, 0.25) is 11.7 Å². The van der Waals surface area contributed by atoms with Crippen molar-refractivity contribution in [1.82, 2.24) is 9.80 Å². The SMILES string of the molecule is COc1cc(C(=O)N(CCC(=O)N2CCC(Cc3ccccc3)CC2)C(C)C)cc(OC)c1OC. The van der Waals surface area contributed by atoms with E-state index in [1.54, 1.807) is 17.0 Å². The summed E-state index contributed by atoms with van der Waals surface area (Å²) in [5, 5.41) is 0. The highest BCUT2D eigenvalue weighted by Gasteiger charge is 2.26. The van der Waals surface area contributed by atoms with Gasteiger partial charge in [-0.2, -0.15) is 0 Å². The molecule has 0 saturated carbocycles. The van der Waals surface area contributed by atoms with Gasteiger partial charge in [0.1, 0.15) is 0 Å². The van der Waals surface area contributed by atoms with Gasteiger partial charge in [-0.3, -0.25) is 9.59 Å². The number of piperidine rings is 1. The van der Waals surface area contributed by atoms with Gasteiger partial charge in [0.25, 0.3) is 5.91 Å². The number of hydrogen-bond donors (Lipinski definition) is 0. The zero-order chi connectivity index (χ0) is 25.4. The largest absolute Gasteiger partial charge is 0.493 e. The van der Waals surface area contributed by atoms with Crippen LogP contribution in [0.15, 0.2) is 42.5 Å². The Kier molecular flexibility index (Phi) is 9.40. The summed E-state index contributed by atoms with van der Waals surface area (Å²) >= 11 is 0. The monoisotopic (exact) mass is 482 g/mol. The summed E-state index contributed by atoms with van der Waals surface area (Å²) in [5.41, 5.74) is 1.79. The Morgan fingerprint density at radius 2 is 1.57 bits per heavy atom. The Bertz CT molecular complexity index is 959. The molecule has 35 heavy (non-hydrogen) atoms. The first kappa shape index (κ1) is 26.4. The maximum absolute atomic E-state index is 13.4. The summed E-state index contributed by atoms with van der Waals surface area (Å²) < 4.78 is 16.2. The summed E-state index contributed by atoms with van der Waals surface area (Å²) in [6, 6.07) is 13.8. The van der Waals surface area contributed by atoms with Crippen LogP contribution in [0.1, 0.15) is 49.0 Å². The van der Waals surface area contributed by atoms with Crippen molar-refractivity contribution in [2.45, 2.75) is 45.6 Å². The molecule has 190 valence electrons. The van der Waals surface area contributed by atoms with Crippen molar-refractivity contribution in [3.8, 4) is 17.2 Å². The molecule has 1 aliphatic heterocycles. The molecule has 2 amide bonds. The van der Waals surface area contributed by atoms with Gasteiger partial charge in [0, 0.05) is 37.7 Å². The summed E-state index contributed by atoms with van der Waals surface area (Å²) in [6.45, 7) is 5.82. The van der Waals surface area contributed by atoms with Gasteiger partial charge in [-0.25, -0.2) is 0 Å². The number of methoxy groups -OCH3 is 3. The number of nitrogens with zero attached hydrogens (tertiary/aromatic N) is 2. The molecule has 1 aliphatic rings. The van der Waals surface area contributed by atoms with Crippen molar-refractivity contribution >= 4 is 11.8 Å². The van der Waals surface area contributed by atoms with Gasteiger partial charge in [-0.1, -0.05) is 30.3 Å². The quantitative estimate of drug-likeness (QED) is 0.501. The minimum absolute atomic E-state index is 0.0639. The van der Waals surface area contributed by atoms with E-state index in [-0.39, 0.29) is 17.9 Å². The first-order valence-electron chi connectivity index (χ1n) is 12.3. The van der Waals surface area contributed by atoms with E-state index in [9.17, 15) is 9.59 Å². The number of rotatable bonds is 10. The summed E-state index contributed by atoms with van der Waals surface area (Å²) in [6.07, 6.45) is 3.39. The molecular formula is C28H38N2O5. The Labute approximate surface area is 209 Å². The van der Waals surface area contributed by atoms with Crippen LogP contribution in [0.25, 0.3) is 0 Å². The van der Waals surface area contributed by atoms with Crippen LogP contribution in [0.2, 0.25) is 0 Å². The fourth-order valence-electron chi connectivity index (χ4n) is 4.67. The third-order valence-corrected chi connectivity index (χ3v) is 6.70. The third kappa shape index (κ3) is 6.68. The maximum atomic E-state index is 13.4. The predicted molar refractivity (Wildman–Crippen MR) is 136 cm³/mol. The highest BCUT2D eigenvalue weighted by molar-refractivity contribution is 5.96. The zero-order valence-electron chi connectivity index (χ0n) is 21.6. The van der Waals surface area contributed by atoms with Crippen molar-refractivity contribution in [3.63, 3.8) is 0 Å². The number of ether oxygens (including phenoxy) is 3. The van der Waals surface area contributed by atoms with Crippen LogP contribution in [0, 0.1) is 5.92 Å². The molecule has 1 heterocycles. The molecule has 7 heteroatoms. The van der Waals surface area contributed by atoms with E-state index in [4.69, 9.17) is 14.2 Å². The van der Waals surface area contributed by atoms with Gasteiger partial charge in [-0.05, 0) is 56.7 Å². The van der Waals surface area contributed by atoms with E-state index >= 15 is 0 Å². The average Bonchev–Trinajstić information content (AvgIpc) is 2.88. The molecule has 3 rings (SSSR count). The molecule has 0 atom stereocenters. The smallest absolute Gasteiger partial charge is 0.254 e. The molecule has 2 aromatic carbocycles. The van der Waals surface area contributed by atoms with Crippen LogP contribution in [0.4, 0.5) is 0 Å². The van der Waals surface area contributed by atoms with E-state index in [0.29, 0.717) is 41.7 Å². The molecule has 0 unspecified atom stereocenters. The van der Waals surface area contributed by atoms with Crippen LogP contribution in [-0.2, 0) is 11.2 Å². The third-order valence-electron chi connectivity index (χ3n) is 6.70. The number of likely N-dealkylation sites (tertiary alicyclic amines) is 1. The molecule has 0 bridgehead atoms. The first-order valence-corrected chi connectivity index (χ1v) is 12.3. The molecule has 0 aliphatic carbocycles. The zero-order valence-corrected chi connectivity index (χ0v) is 21.6. The number of amides is 2. The molecular weight excluding hydrogens is 444 g/mol. The van der Waals surface area contributed by atoms with Crippen molar-refractivity contribution in [2.24, 2.45) is 5.92 Å². The fourth-order valence-corrected chi connectivity index (χ4v) is 4.67. The number of carbonyl (C=O) groups excluding carboxylic acids is 2. The van der Waals surface area contributed by atoms with Gasteiger partial charge in [-0.15, -0.1) is 0 Å². The highest BCUT2D eigenvalue weighted by Crippen LogP contribution is 2.38. The van der Waals surface area contributed by atoms with Gasteiger partial charge in [0.05, 0.1) is 21.3 Å². The topological polar surface area (TPSA) is 68.3 Å². The van der Waals surface area contributed by atoms with Crippen molar-refractivity contribution in [3.05, 3.63) is 53.6 Å². The number of benzene rings is 2. The fraction of sp³-hybridized carbons (Fsp3) is 0.500. The second-order valence-electron chi connectivity index (χ2n) is 9.27. The lowest BCUT2D eigenvalue weighted by Crippen LogP contribution is -2.43. The van der Waals surface area contributed by atoms with E-state index in [2.05, 4.69) is 24.3 Å².